The molecule has 0 amide bonds. The van der Waals surface area contributed by atoms with E-state index in [0.717, 1.165) is 6.92 Å². The molecule has 0 fully saturated rings. The van der Waals surface area contributed by atoms with Crippen LogP contribution in [0.3, 0.4) is 0 Å². The van der Waals surface area contributed by atoms with E-state index in [4.69, 9.17) is 4.55 Å². The molecule has 1 aromatic heterocycles. The second-order valence-electron chi connectivity index (χ2n) is 2.50. The Morgan fingerprint density at radius 1 is 1.40 bits per heavy atom. The number of hydrogen-bond acceptors (Lipinski definition) is 3. The molecule has 0 atom stereocenters. The quantitative estimate of drug-likeness (QED) is 0.792. The van der Waals surface area contributed by atoms with E-state index in [1.165, 1.54) is 0 Å². The Morgan fingerprint density at radius 2 is 1.87 bits per heavy atom. The molecule has 0 bridgehead atoms. The van der Waals surface area contributed by atoms with Crippen molar-refractivity contribution >= 4 is 22.5 Å². The third kappa shape index (κ3) is 3.11. The van der Waals surface area contributed by atoms with E-state index >= 15 is 0 Å². The highest BCUT2D eigenvalue weighted by Gasteiger charge is 2.37. The standard InChI is InChI=1S/C6H5F3O4S.ClH/c1-3-4(14(10,11)12)2-5(13-3)6(7,8)9;/h2H,1H3,(H,10,11,12);1H. The molecule has 0 aliphatic rings. The molecule has 1 heterocycles. The highest BCUT2D eigenvalue weighted by atomic mass is 35.5. The zero-order chi connectivity index (χ0) is 11.1. The van der Waals surface area contributed by atoms with Gasteiger partial charge in [-0.15, -0.1) is 12.4 Å². The van der Waals surface area contributed by atoms with Gasteiger partial charge in [-0.1, -0.05) is 0 Å². The molecule has 4 nitrogen and oxygen atoms in total. The van der Waals surface area contributed by atoms with Crippen LogP contribution in [0.4, 0.5) is 13.2 Å². The monoisotopic (exact) mass is 266 g/mol. The summed E-state index contributed by atoms with van der Waals surface area (Å²) in [5.41, 5.74) is 0. The molecule has 0 aliphatic carbocycles. The molecule has 1 aromatic rings. The Balaban J connectivity index is 0.00000196. The molecule has 0 aromatic carbocycles. The van der Waals surface area contributed by atoms with Gasteiger partial charge >= 0.3 is 6.18 Å². The largest absolute Gasteiger partial charge is 0.455 e. The lowest BCUT2D eigenvalue weighted by Crippen LogP contribution is -2.02. The number of halogens is 4. The fraction of sp³-hybridized carbons (Fsp3) is 0.333. The molecule has 1 N–H and O–H groups in total. The Morgan fingerprint density at radius 3 is 2.07 bits per heavy atom. The summed E-state index contributed by atoms with van der Waals surface area (Å²) in [6, 6.07) is 0.241. The fourth-order valence-corrected chi connectivity index (χ4v) is 1.52. The molecule has 0 unspecified atom stereocenters. The normalized spacial score (nSPS) is 12.3. The summed E-state index contributed by atoms with van der Waals surface area (Å²) in [7, 11) is -4.67. The van der Waals surface area contributed by atoms with Crippen molar-refractivity contribution in [3.05, 3.63) is 17.6 Å². The van der Waals surface area contributed by atoms with Gasteiger partial charge in [0.15, 0.2) is 0 Å². The van der Waals surface area contributed by atoms with Gasteiger partial charge in [0.05, 0.1) is 0 Å². The summed E-state index contributed by atoms with van der Waals surface area (Å²) < 4.78 is 69.7. The van der Waals surface area contributed by atoms with E-state index in [2.05, 4.69) is 4.42 Å². The molecule has 15 heavy (non-hydrogen) atoms. The highest BCUT2D eigenvalue weighted by Crippen LogP contribution is 2.33. The average molecular weight is 267 g/mol. The first-order valence-electron chi connectivity index (χ1n) is 3.27. The Kier molecular flexibility index (Phi) is 3.83. The number of furan rings is 1. The molecule has 0 spiro atoms. The first kappa shape index (κ1) is 14.3. The van der Waals surface area contributed by atoms with Gasteiger partial charge in [-0.3, -0.25) is 4.55 Å². The maximum absolute atomic E-state index is 12.0. The van der Waals surface area contributed by atoms with Gasteiger partial charge in [-0.25, -0.2) is 0 Å². The maximum Gasteiger partial charge on any atom is 0.449 e. The molecule has 9 heteroatoms. The minimum Gasteiger partial charge on any atom is -0.455 e. The predicted molar refractivity (Wildman–Crippen MR) is 45.5 cm³/mol. The van der Waals surface area contributed by atoms with Gasteiger partial charge in [0, 0.05) is 6.07 Å². The van der Waals surface area contributed by atoms with Gasteiger partial charge in [-0.2, -0.15) is 21.6 Å². The summed E-state index contributed by atoms with van der Waals surface area (Å²) >= 11 is 0. The van der Waals surface area contributed by atoms with Crippen molar-refractivity contribution in [2.24, 2.45) is 0 Å². The fourth-order valence-electron chi connectivity index (χ4n) is 0.861. The van der Waals surface area contributed by atoms with E-state index in [9.17, 15) is 21.6 Å². The van der Waals surface area contributed by atoms with Crippen LogP contribution in [-0.4, -0.2) is 13.0 Å². The van der Waals surface area contributed by atoms with Gasteiger partial charge < -0.3 is 4.42 Å². The smallest absolute Gasteiger partial charge is 0.449 e. The average Bonchev–Trinajstić information content (AvgIpc) is 2.27. The maximum atomic E-state index is 12.0. The SMILES string of the molecule is Cc1oc(C(F)(F)F)cc1S(=O)(=O)O.Cl. The molecule has 88 valence electrons. The van der Waals surface area contributed by atoms with Crippen LogP contribution in [0.15, 0.2) is 15.4 Å². The lowest BCUT2D eigenvalue weighted by atomic mass is 10.4. The lowest BCUT2D eigenvalue weighted by Gasteiger charge is -1.99. The van der Waals surface area contributed by atoms with Crippen LogP contribution in [0, 0.1) is 6.92 Å². The Bertz CT molecular complexity index is 447. The molecule has 0 saturated carbocycles. The van der Waals surface area contributed by atoms with Crippen LogP contribution in [0.5, 0.6) is 0 Å². The van der Waals surface area contributed by atoms with Crippen molar-refractivity contribution in [1.29, 1.82) is 0 Å². The Hall–Kier alpha value is -0.730. The van der Waals surface area contributed by atoms with Crippen LogP contribution in [0.25, 0.3) is 0 Å². The molecular formula is C6H6ClF3O4S. The van der Waals surface area contributed by atoms with Crippen molar-refractivity contribution in [2.75, 3.05) is 0 Å². The van der Waals surface area contributed by atoms with E-state index in [0.29, 0.717) is 0 Å². The second kappa shape index (κ2) is 4.03. The van der Waals surface area contributed by atoms with Crippen molar-refractivity contribution < 1.29 is 30.6 Å². The van der Waals surface area contributed by atoms with Crippen molar-refractivity contribution in [3.63, 3.8) is 0 Å². The third-order valence-electron chi connectivity index (χ3n) is 1.43. The van der Waals surface area contributed by atoms with E-state index in [1.807, 2.05) is 0 Å². The number of rotatable bonds is 1. The van der Waals surface area contributed by atoms with Crippen molar-refractivity contribution in [3.8, 4) is 0 Å². The van der Waals surface area contributed by atoms with Crippen LogP contribution in [0.2, 0.25) is 0 Å². The summed E-state index contributed by atoms with van der Waals surface area (Å²) in [6.45, 7) is 1.01. The minimum absolute atomic E-state index is 0. The zero-order valence-electron chi connectivity index (χ0n) is 7.20. The summed E-state index contributed by atoms with van der Waals surface area (Å²) in [4.78, 5) is -0.871. The Labute approximate surface area is 89.2 Å². The van der Waals surface area contributed by atoms with Gasteiger partial charge in [-0.05, 0) is 6.92 Å². The lowest BCUT2D eigenvalue weighted by molar-refractivity contribution is -0.153. The van der Waals surface area contributed by atoms with Crippen LogP contribution in [-0.2, 0) is 16.3 Å². The molecule has 0 radical (unpaired) electrons. The summed E-state index contributed by atoms with van der Waals surface area (Å²) in [6.07, 6.45) is -4.77. The first-order chi connectivity index (χ1) is 6.12. The number of hydrogen-bond donors (Lipinski definition) is 1. The topological polar surface area (TPSA) is 67.5 Å². The van der Waals surface area contributed by atoms with Crippen LogP contribution >= 0.6 is 12.4 Å². The predicted octanol–water partition coefficient (Wildman–Crippen LogP) is 2.28. The van der Waals surface area contributed by atoms with Crippen molar-refractivity contribution in [2.45, 2.75) is 18.0 Å². The van der Waals surface area contributed by atoms with Crippen molar-refractivity contribution in [1.82, 2.24) is 0 Å². The van der Waals surface area contributed by atoms with Gasteiger partial charge in [0.1, 0.15) is 10.7 Å². The molecule has 0 saturated heterocycles. The zero-order valence-corrected chi connectivity index (χ0v) is 8.83. The summed E-state index contributed by atoms with van der Waals surface area (Å²) in [5, 5.41) is 0. The van der Waals surface area contributed by atoms with E-state index in [1.54, 1.807) is 0 Å². The molecular weight excluding hydrogens is 261 g/mol. The van der Waals surface area contributed by atoms with Crippen LogP contribution < -0.4 is 0 Å². The number of alkyl halides is 3. The molecule has 0 aliphatic heterocycles. The molecule has 1 rings (SSSR count). The summed E-state index contributed by atoms with van der Waals surface area (Å²) in [5.74, 6) is -1.96. The third-order valence-corrected chi connectivity index (χ3v) is 2.39. The van der Waals surface area contributed by atoms with Crippen LogP contribution in [0.1, 0.15) is 11.5 Å². The van der Waals surface area contributed by atoms with E-state index in [-0.39, 0.29) is 18.5 Å². The number of aryl methyl sites for hydroxylation is 1. The minimum atomic E-state index is -4.77. The van der Waals surface area contributed by atoms with Gasteiger partial charge in [0.2, 0.25) is 5.76 Å². The van der Waals surface area contributed by atoms with Gasteiger partial charge in [0.25, 0.3) is 10.1 Å². The first-order valence-corrected chi connectivity index (χ1v) is 4.71. The second-order valence-corrected chi connectivity index (χ2v) is 3.89. The van der Waals surface area contributed by atoms with E-state index < -0.39 is 32.7 Å². The highest BCUT2D eigenvalue weighted by molar-refractivity contribution is 7.85.